The fraction of sp³-hybridized carbons (Fsp3) is 0.273. The lowest BCUT2D eigenvalue weighted by Gasteiger charge is -2.16. The molecule has 0 aliphatic carbocycles. The van der Waals surface area contributed by atoms with E-state index in [-0.39, 0.29) is 11.8 Å². The zero-order valence-corrected chi connectivity index (χ0v) is 16.7. The van der Waals surface area contributed by atoms with Crippen molar-refractivity contribution >= 4 is 29.3 Å². The van der Waals surface area contributed by atoms with Crippen LogP contribution < -0.4 is 24.4 Å². The van der Waals surface area contributed by atoms with Crippen LogP contribution in [0.1, 0.15) is 18.4 Å². The number of hydrogen-bond donors (Lipinski definition) is 1. The highest BCUT2D eigenvalue weighted by atomic mass is 16.5. The molecule has 2 aromatic rings. The summed E-state index contributed by atoms with van der Waals surface area (Å²) in [5.74, 6) is 1.33. The smallest absolute Gasteiger partial charge is 0.248 e. The third kappa shape index (κ3) is 4.68. The standard InChI is InChI=1S/C22H24N2O5/c1-27-18-12-15(13-19(28-2)22(18)29-3)9-10-20(25)23-16-6-4-7-17(14-16)24-11-5-8-21(24)26/h4,6-7,9-10,12-14H,5,8,11H2,1-3H3,(H,23,25)/b10-9+. The summed E-state index contributed by atoms with van der Waals surface area (Å²) >= 11 is 0. The van der Waals surface area contributed by atoms with Gasteiger partial charge in [-0.15, -0.1) is 0 Å². The Morgan fingerprint density at radius 1 is 1.07 bits per heavy atom. The summed E-state index contributed by atoms with van der Waals surface area (Å²) in [6, 6.07) is 10.8. The molecule has 2 aromatic carbocycles. The minimum atomic E-state index is -0.288. The third-order valence-corrected chi connectivity index (χ3v) is 4.61. The maximum atomic E-state index is 12.3. The predicted octanol–water partition coefficient (Wildman–Crippen LogP) is 3.49. The van der Waals surface area contributed by atoms with Crippen molar-refractivity contribution in [3.05, 3.63) is 48.0 Å². The van der Waals surface area contributed by atoms with Crippen molar-refractivity contribution < 1.29 is 23.8 Å². The minimum absolute atomic E-state index is 0.107. The normalized spacial score (nSPS) is 13.6. The maximum Gasteiger partial charge on any atom is 0.248 e. The van der Waals surface area contributed by atoms with Crippen molar-refractivity contribution in [1.82, 2.24) is 0 Å². The van der Waals surface area contributed by atoms with Gasteiger partial charge in [0, 0.05) is 30.4 Å². The molecule has 1 heterocycles. The van der Waals surface area contributed by atoms with E-state index in [9.17, 15) is 9.59 Å². The lowest BCUT2D eigenvalue weighted by atomic mass is 10.1. The number of methoxy groups -OCH3 is 3. The van der Waals surface area contributed by atoms with Gasteiger partial charge in [-0.05, 0) is 48.4 Å². The van der Waals surface area contributed by atoms with Crippen LogP contribution in [-0.2, 0) is 9.59 Å². The number of amides is 2. The zero-order valence-electron chi connectivity index (χ0n) is 16.7. The number of carbonyl (C=O) groups is 2. The number of anilines is 2. The van der Waals surface area contributed by atoms with E-state index >= 15 is 0 Å². The summed E-state index contributed by atoms with van der Waals surface area (Å²) in [7, 11) is 4.61. The first-order valence-electron chi connectivity index (χ1n) is 9.25. The Morgan fingerprint density at radius 3 is 2.38 bits per heavy atom. The van der Waals surface area contributed by atoms with Crippen molar-refractivity contribution in [3.63, 3.8) is 0 Å². The van der Waals surface area contributed by atoms with Crippen LogP contribution in [0.2, 0.25) is 0 Å². The first kappa shape index (κ1) is 20.3. The van der Waals surface area contributed by atoms with Crippen LogP contribution in [0.3, 0.4) is 0 Å². The SMILES string of the molecule is COc1cc(/C=C/C(=O)Nc2cccc(N3CCCC3=O)c2)cc(OC)c1OC. The molecule has 29 heavy (non-hydrogen) atoms. The van der Waals surface area contributed by atoms with Crippen LogP contribution in [0.25, 0.3) is 6.08 Å². The van der Waals surface area contributed by atoms with Crippen LogP contribution in [0, 0.1) is 0 Å². The molecule has 0 atom stereocenters. The maximum absolute atomic E-state index is 12.3. The Balaban J connectivity index is 1.72. The number of benzene rings is 2. The van der Waals surface area contributed by atoms with Gasteiger partial charge in [0.05, 0.1) is 21.3 Å². The van der Waals surface area contributed by atoms with Gasteiger partial charge in [0.15, 0.2) is 11.5 Å². The number of nitrogens with zero attached hydrogens (tertiary/aromatic N) is 1. The average molecular weight is 396 g/mol. The van der Waals surface area contributed by atoms with Gasteiger partial charge >= 0.3 is 0 Å². The molecule has 2 amide bonds. The van der Waals surface area contributed by atoms with Crippen molar-refractivity contribution in [3.8, 4) is 17.2 Å². The van der Waals surface area contributed by atoms with Crippen LogP contribution in [0.15, 0.2) is 42.5 Å². The highest BCUT2D eigenvalue weighted by Gasteiger charge is 2.21. The van der Waals surface area contributed by atoms with Crippen molar-refractivity contribution in [2.24, 2.45) is 0 Å². The van der Waals surface area contributed by atoms with Crippen LogP contribution >= 0.6 is 0 Å². The third-order valence-electron chi connectivity index (χ3n) is 4.61. The molecular weight excluding hydrogens is 372 g/mol. The molecule has 0 bridgehead atoms. The lowest BCUT2D eigenvalue weighted by Crippen LogP contribution is -2.23. The van der Waals surface area contributed by atoms with E-state index in [0.717, 1.165) is 17.7 Å². The summed E-state index contributed by atoms with van der Waals surface area (Å²) < 4.78 is 15.9. The Bertz CT molecular complexity index is 914. The van der Waals surface area contributed by atoms with Gasteiger partial charge in [0.1, 0.15) is 0 Å². The molecule has 1 aliphatic rings. The van der Waals surface area contributed by atoms with Gasteiger partial charge in [0.2, 0.25) is 17.6 Å². The van der Waals surface area contributed by atoms with E-state index in [1.54, 1.807) is 35.2 Å². The number of hydrogen-bond acceptors (Lipinski definition) is 5. The van der Waals surface area contributed by atoms with E-state index in [1.807, 2.05) is 12.1 Å². The van der Waals surface area contributed by atoms with Crippen molar-refractivity contribution in [2.75, 3.05) is 38.1 Å². The number of carbonyl (C=O) groups excluding carboxylic acids is 2. The summed E-state index contributed by atoms with van der Waals surface area (Å²) in [5.41, 5.74) is 2.15. The number of nitrogens with one attached hydrogen (secondary N) is 1. The molecule has 3 rings (SSSR count). The van der Waals surface area contributed by atoms with Gasteiger partial charge < -0.3 is 24.4 Å². The quantitative estimate of drug-likeness (QED) is 0.725. The average Bonchev–Trinajstić information content (AvgIpc) is 3.17. The molecule has 0 radical (unpaired) electrons. The Kier molecular flexibility index (Phi) is 6.39. The molecule has 152 valence electrons. The summed E-state index contributed by atoms with van der Waals surface area (Å²) in [5, 5.41) is 2.82. The van der Waals surface area contributed by atoms with Gasteiger partial charge in [-0.3, -0.25) is 9.59 Å². The Labute approximate surface area is 169 Å². The van der Waals surface area contributed by atoms with Crippen molar-refractivity contribution in [2.45, 2.75) is 12.8 Å². The monoisotopic (exact) mass is 396 g/mol. The molecule has 0 unspecified atom stereocenters. The lowest BCUT2D eigenvalue weighted by molar-refractivity contribution is -0.117. The summed E-state index contributed by atoms with van der Waals surface area (Å²) in [6.45, 7) is 0.706. The highest BCUT2D eigenvalue weighted by Crippen LogP contribution is 2.38. The van der Waals surface area contributed by atoms with Gasteiger partial charge in [-0.2, -0.15) is 0 Å². The fourth-order valence-corrected chi connectivity index (χ4v) is 3.23. The largest absolute Gasteiger partial charge is 0.493 e. The molecule has 1 saturated heterocycles. The summed E-state index contributed by atoms with van der Waals surface area (Å²) in [4.78, 5) is 26.0. The van der Waals surface area contributed by atoms with E-state index in [1.165, 1.54) is 27.4 Å². The van der Waals surface area contributed by atoms with E-state index in [2.05, 4.69) is 5.32 Å². The first-order valence-corrected chi connectivity index (χ1v) is 9.25. The van der Waals surface area contributed by atoms with E-state index in [4.69, 9.17) is 14.2 Å². The van der Waals surface area contributed by atoms with Gasteiger partial charge in [-0.1, -0.05) is 6.07 Å². The predicted molar refractivity (Wildman–Crippen MR) is 112 cm³/mol. The molecule has 7 nitrogen and oxygen atoms in total. The van der Waals surface area contributed by atoms with Gasteiger partial charge in [0.25, 0.3) is 0 Å². The molecule has 0 spiro atoms. The molecule has 1 aliphatic heterocycles. The minimum Gasteiger partial charge on any atom is -0.493 e. The zero-order chi connectivity index (χ0) is 20.8. The topological polar surface area (TPSA) is 77.1 Å². The fourth-order valence-electron chi connectivity index (χ4n) is 3.23. The second kappa shape index (κ2) is 9.14. The van der Waals surface area contributed by atoms with Crippen LogP contribution in [0.4, 0.5) is 11.4 Å². The number of ether oxygens (including phenoxy) is 3. The molecule has 0 saturated carbocycles. The molecule has 1 N–H and O–H groups in total. The summed E-state index contributed by atoms with van der Waals surface area (Å²) in [6.07, 6.45) is 4.50. The van der Waals surface area contributed by atoms with Crippen molar-refractivity contribution in [1.29, 1.82) is 0 Å². The molecule has 7 heteroatoms. The second-order valence-corrected chi connectivity index (χ2v) is 6.48. The number of rotatable bonds is 7. The molecular formula is C22H24N2O5. The molecule has 0 aromatic heterocycles. The van der Waals surface area contributed by atoms with E-state index < -0.39 is 0 Å². The second-order valence-electron chi connectivity index (χ2n) is 6.48. The van der Waals surface area contributed by atoms with Crippen LogP contribution in [-0.4, -0.2) is 39.7 Å². The highest BCUT2D eigenvalue weighted by molar-refractivity contribution is 6.03. The molecule has 1 fully saturated rings. The van der Waals surface area contributed by atoms with E-state index in [0.29, 0.717) is 35.9 Å². The Hall–Kier alpha value is -3.48. The van der Waals surface area contributed by atoms with Gasteiger partial charge in [-0.25, -0.2) is 0 Å². The van der Waals surface area contributed by atoms with Crippen LogP contribution in [0.5, 0.6) is 17.2 Å². The Morgan fingerprint density at radius 2 is 1.79 bits per heavy atom. The first-order chi connectivity index (χ1) is 14.0.